The summed E-state index contributed by atoms with van der Waals surface area (Å²) in [6.07, 6.45) is 8.84. The second kappa shape index (κ2) is 15.0. The van der Waals surface area contributed by atoms with Crippen LogP contribution >= 0.6 is 27.7 Å². The molecule has 0 fully saturated rings. The minimum absolute atomic E-state index is 0.193. The van der Waals surface area contributed by atoms with E-state index in [0.717, 1.165) is 40.0 Å². The molecule has 0 amide bonds. The van der Waals surface area contributed by atoms with Crippen molar-refractivity contribution in [3.8, 4) is 5.75 Å². The fourth-order valence-corrected chi connectivity index (χ4v) is 6.51. The zero-order valence-corrected chi connectivity index (χ0v) is 26.0. The number of thioether (sulfide) groups is 1. The molecule has 3 aromatic rings. The van der Waals surface area contributed by atoms with Crippen LogP contribution in [0.3, 0.4) is 0 Å². The Hall–Kier alpha value is -1.96. The summed E-state index contributed by atoms with van der Waals surface area (Å²) < 4.78 is 8.26. The number of hydrogen-bond donors (Lipinski definition) is 1. The molecule has 3 rings (SSSR count). The summed E-state index contributed by atoms with van der Waals surface area (Å²) >= 11 is 5.27. The van der Waals surface area contributed by atoms with E-state index in [9.17, 15) is 9.90 Å². The summed E-state index contributed by atoms with van der Waals surface area (Å²) in [6.45, 7) is 7.96. The fraction of sp³-hybridized carbons (Fsp3) is 0.516. The van der Waals surface area contributed by atoms with E-state index in [4.69, 9.17) is 4.74 Å². The minimum atomic E-state index is -0.337. The number of unbranched alkanes of at least 4 members (excludes halogenated alkanes) is 6. The number of esters is 1. The van der Waals surface area contributed by atoms with E-state index in [0.29, 0.717) is 28.9 Å². The Morgan fingerprint density at radius 2 is 1.82 bits per heavy atom. The van der Waals surface area contributed by atoms with Crippen LogP contribution in [0, 0.1) is 6.92 Å². The van der Waals surface area contributed by atoms with Crippen LogP contribution in [0.1, 0.15) is 86.0 Å². The maximum Gasteiger partial charge on any atom is 0.340 e. The lowest BCUT2D eigenvalue weighted by Crippen LogP contribution is -2.20. The molecule has 1 heterocycles. The molecule has 1 aromatic heterocycles. The first kappa shape index (κ1) is 30.6. The first-order chi connectivity index (χ1) is 18.3. The minimum Gasteiger partial charge on any atom is -0.506 e. The largest absolute Gasteiger partial charge is 0.506 e. The molecule has 0 aliphatic rings. The highest BCUT2D eigenvalue weighted by atomic mass is 79.9. The summed E-state index contributed by atoms with van der Waals surface area (Å²) in [5, 5.41) is 12.0. The number of phenolic OH excluding ortho intramolecular Hbond substituents is 1. The number of carbonyl (C=O) groups is 1. The van der Waals surface area contributed by atoms with Crippen LogP contribution < -0.4 is 0 Å². The first-order valence-corrected chi connectivity index (χ1v) is 15.6. The van der Waals surface area contributed by atoms with Crippen LogP contribution in [0.4, 0.5) is 0 Å². The van der Waals surface area contributed by atoms with Gasteiger partial charge in [-0.3, -0.25) is 0 Å². The molecular weight excluding hydrogens is 560 g/mol. The molecule has 7 heteroatoms. The van der Waals surface area contributed by atoms with Crippen molar-refractivity contribution in [2.45, 2.75) is 82.9 Å². The van der Waals surface area contributed by atoms with Gasteiger partial charge in [0, 0.05) is 40.9 Å². The Labute approximate surface area is 241 Å². The molecule has 0 aliphatic carbocycles. The van der Waals surface area contributed by atoms with Crippen molar-refractivity contribution >= 4 is 44.6 Å². The van der Waals surface area contributed by atoms with E-state index in [1.165, 1.54) is 44.1 Å². The van der Waals surface area contributed by atoms with Crippen molar-refractivity contribution in [3.63, 3.8) is 0 Å². The van der Waals surface area contributed by atoms with E-state index in [1.807, 2.05) is 20.0 Å². The average molecular weight is 604 g/mol. The third kappa shape index (κ3) is 7.80. The molecule has 5 nitrogen and oxygen atoms in total. The van der Waals surface area contributed by atoms with Gasteiger partial charge in [0.15, 0.2) is 0 Å². The topological polar surface area (TPSA) is 54.7 Å². The summed E-state index contributed by atoms with van der Waals surface area (Å²) in [5.74, 6) is 0.475. The fourth-order valence-electron chi connectivity index (χ4n) is 4.97. The molecule has 0 unspecified atom stereocenters. The molecule has 0 saturated heterocycles. The Morgan fingerprint density at radius 1 is 1.11 bits per heavy atom. The van der Waals surface area contributed by atoms with Crippen molar-refractivity contribution in [1.29, 1.82) is 0 Å². The standard InChI is InChI=1S/C31H43BrN2O3S/c1-6-8-9-10-11-12-13-17-33(4)20-24-28-26(19-25(32)30(24)35)34(5)27(29(28)31(36)37-7-2)21-38-23-16-14-15-22(3)18-23/h14-16,18-19,35H,6-13,17,20-21H2,1-5H3. The predicted molar refractivity (Wildman–Crippen MR) is 163 cm³/mol. The molecule has 208 valence electrons. The number of phenols is 1. The number of aryl methyl sites for hydroxylation is 2. The van der Waals surface area contributed by atoms with Crippen LogP contribution in [0.25, 0.3) is 10.9 Å². The third-order valence-electron chi connectivity index (χ3n) is 7.05. The van der Waals surface area contributed by atoms with Crippen molar-refractivity contribution in [3.05, 3.63) is 57.2 Å². The maximum atomic E-state index is 13.4. The van der Waals surface area contributed by atoms with Gasteiger partial charge in [-0.25, -0.2) is 4.79 Å². The first-order valence-electron chi connectivity index (χ1n) is 13.8. The molecular formula is C31H43BrN2O3S. The van der Waals surface area contributed by atoms with Gasteiger partial charge < -0.3 is 19.3 Å². The highest BCUT2D eigenvalue weighted by Crippen LogP contribution is 2.41. The van der Waals surface area contributed by atoms with Crippen LogP contribution in [0.5, 0.6) is 5.75 Å². The highest BCUT2D eigenvalue weighted by Gasteiger charge is 2.27. The quantitative estimate of drug-likeness (QED) is 0.107. The van der Waals surface area contributed by atoms with Gasteiger partial charge in [-0.05, 0) is 68.0 Å². The maximum absolute atomic E-state index is 13.4. The lowest BCUT2D eigenvalue weighted by atomic mass is 10.0. The third-order valence-corrected chi connectivity index (χ3v) is 8.66. The number of carbonyl (C=O) groups excluding carboxylic acids is 1. The number of nitrogens with zero attached hydrogens (tertiary/aromatic N) is 2. The van der Waals surface area contributed by atoms with Crippen LogP contribution in [-0.4, -0.2) is 40.7 Å². The van der Waals surface area contributed by atoms with Crippen LogP contribution in [-0.2, 0) is 24.1 Å². The Bertz CT molecular complexity index is 1220. The summed E-state index contributed by atoms with van der Waals surface area (Å²) in [4.78, 5) is 16.8. The summed E-state index contributed by atoms with van der Waals surface area (Å²) in [6, 6.07) is 10.3. The predicted octanol–water partition coefficient (Wildman–Crippen LogP) is 8.61. The van der Waals surface area contributed by atoms with Gasteiger partial charge in [-0.2, -0.15) is 0 Å². The molecule has 1 N–H and O–H groups in total. The molecule has 0 aliphatic heterocycles. The molecule has 38 heavy (non-hydrogen) atoms. The lowest BCUT2D eigenvalue weighted by molar-refractivity contribution is 0.0527. The molecule has 0 atom stereocenters. The average Bonchev–Trinajstić information content (AvgIpc) is 3.16. The Kier molecular flexibility index (Phi) is 12.1. The zero-order valence-electron chi connectivity index (χ0n) is 23.6. The van der Waals surface area contributed by atoms with Gasteiger partial charge in [0.25, 0.3) is 0 Å². The van der Waals surface area contributed by atoms with E-state index in [-0.39, 0.29) is 11.7 Å². The molecule has 0 saturated carbocycles. The van der Waals surface area contributed by atoms with E-state index in [2.05, 4.69) is 70.6 Å². The van der Waals surface area contributed by atoms with Gasteiger partial charge in [0.2, 0.25) is 0 Å². The van der Waals surface area contributed by atoms with E-state index >= 15 is 0 Å². The van der Waals surface area contributed by atoms with E-state index in [1.54, 1.807) is 11.8 Å². The van der Waals surface area contributed by atoms with Gasteiger partial charge >= 0.3 is 5.97 Å². The normalized spacial score (nSPS) is 11.6. The zero-order chi connectivity index (χ0) is 27.7. The number of aromatic hydroxyl groups is 1. The SMILES string of the molecule is CCCCCCCCCN(C)Cc1c(O)c(Br)cc2c1c(C(=O)OCC)c(CSc1cccc(C)c1)n2C. The van der Waals surface area contributed by atoms with Crippen molar-refractivity contribution < 1.29 is 14.6 Å². The van der Waals surface area contributed by atoms with Gasteiger partial charge in [-0.1, -0.05) is 63.1 Å². The second-order valence-electron chi connectivity index (χ2n) is 10.1. The summed E-state index contributed by atoms with van der Waals surface area (Å²) in [7, 11) is 4.08. The smallest absolute Gasteiger partial charge is 0.340 e. The molecule has 2 aromatic carbocycles. The Balaban J connectivity index is 1.91. The monoisotopic (exact) mass is 602 g/mol. The Morgan fingerprint density at radius 3 is 2.50 bits per heavy atom. The molecule has 0 bridgehead atoms. The van der Waals surface area contributed by atoms with Crippen molar-refractivity contribution in [2.75, 3.05) is 20.2 Å². The van der Waals surface area contributed by atoms with Gasteiger partial charge in [0.1, 0.15) is 5.75 Å². The summed E-state index contributed by atoms with van der Waals surface area (Å²) in [5.41, 5.74) is 4.35. The van der Waals surface area contributed by atoms with Crippen molar-refractivity contribution in [1.82, 2.24) is 9.47 Å². The number of benzene rings is 2. The second-order valence-corrected chi connectivity index (χ2v) is 12.0. The lowest BCUT2D eigenvalue weighted by Gasteiger charge is -2.19. The number of ether oxygens (including phenoxy) is 1. The number of halogens is 1. The molecule has 0 spiro atoms. The van der Waals surface area contributed by atoms with E-state index < -0.39 is 0 Å². The van der Waals surface area contributed by atoms with Crippen LogP contribution in [0.15, 0.2) is 39.7 Å². The highest BCUT2D eigenvalue weighted by molar-refractivity contribution is 9.10. The number of fused-ring (bicyclic) bond motifs is 1. The van der Waals surface area contributed by atoms with Gasteiger partial charge in [0.05, 0.1) is 22.2 Å². The molecule has 0 radical (unpaired) electrons. The number of aromatic nitrogens is 1. The number of rotatable bonds is 15. The van der Waals surface area contributed by atoms with Crippen LogP contribution in [0.2, 0.25) is 0 Å². The van der Waals surface area contributed by atoms with Gasteiger partial charge in [-0.15, -0.1) is 11.8 Å². The van der Waals surface area contributed by atoms with Crippen molar-refractivity contribution in [2.24, 2.45) is 7.05 Å². The number of hydrogen-bond acceptors (Lipinski definition) is 5.